The lowest BCUT2D eigenvalue weighted by atomic mass is 9.88. The Hall–Kier alpha value is -2.61. The lowest BCUT2D eigenvalue weighted by Gasteiger charge is -2.26. The first-order valence-corrected chi connectivity index (χ1v) is 8.72. The number of pyridine rings is 1. The van der Waals surface area contributed by atoms with Crippen molar-refractivity contribution in [1.29, 1.82) is 5.41 Å². The first-order chi connectivity index (χ1) is 12.8. The summed E-state index contributed by atoms with van der Waals surface area (Å²) in [6, 6.07) is 1.67. The van der Waals surface area contributed by atoms with Gasteiger partial charge in [0.15, 0.2) is 0 Å². The van der Waals surface area contributed by atoms with Crippen molar-refractivity contribution in [2.45, 2.75) is 39.4 Å². The van der Waals surface area contributed by atoms with Crippen LogP contribution in [0.15, 0.2) is 42.0 Å². The number of aromatic nitrogens is 1. The van der Waals surface area contributed by atoms with E-state index in [1.165, 1.54) is 6.08 Å². The number of nitrogens with two attached hydrogens (primary N) is 2. The van der Waals surface area contributed by atoms with Crippen LogP contribution in [0.4, 0.5) is 13.2 Å². The number of ether oxygens (including phenoxy) is 1. The van der Waals surface area contributed by atoms with E-state index in [9.17, 15) is 13.2 Å². The van der Waals surface area contributed by atoms with Gasteiger partial charge >= 0.3 is 6.18 Å². The van der Waals surface area contributed by atoms with Gasteiger partial charge in [0.05, 0.1) is 17.0 Å². The van der Waals surface area contributed by atoms with Gasteiger partial charge in [0.2, 0.25) is 5.88 Å². The molecule has 0 aromatic carbocycles. The van der Waals surface area contributed by atoms with E-state index in [2.05, 4.69) is 11.6 Å². The van der Waals surface area contributed by atoms with Crippen LogP contribution >= 0.6 is 0 Å². The van der Waals surface area contributed by atoms with E-state index in [-0.39, 0.29) is 40.9 Å². The molecule has 1 aliphatic carbocycles. The van der Waals surface area contributed by atoms with Gasteiger partial charge in [-0.1, -0.05) is 39.5 Å². The molecule has 1 heterocycles. The van der Waals surface area contributed by atoms with E-state index in [0.717, 1.165) is 12.1 Å². The number of hydrogen-bond acceptors (Lipinski definition) is 5. The summed E-state index contributed by atoms with van der Waals surface area (Å²) >= 11 is 0. The van der Waals surface area contributed by atoms with Crippen molar-refractivity contribution >= 4 is 11.4 Å². The van der Waals surface area contributed by atoms with Gasteiger partial charge in [0.25, 0.3) is 0 Å². The fourth-order valence-electron chi connectivity index (χ4n) is 2.43. The number of hydrogen-bond donors (Lipinski definition) is 3. The summed E-state index contributed by atoms with van der Waals surface area (Å²) < 4.78 is 46.0. The summed E-state index contributed by atoms with van der Waals surface area (Å²) in [7, 11) is 0. The summed E-state index contributed by atoms with van der Waals surface area (Å²) in [5.74, 6) is -0.0172. The minimum atomic E-state index is -4.66. The molecule has 0 saturated carbocycles. The maximum absolute atomic E-state index is 13.5. The fourth-order valence-corrected chi connectivity index (χ4v) is 2.43. The number of rotatable bonds is 4. The Morgan fingerprint density at radius 1 is 1.32 bits per heavy atom. The zero-order valence-corrected chi connectivity index (χ0v) is 16.2. The molecule has 0 bridgehead atoms. The minimum Gasteiger partial charge on any atom is -0.476 e. The fraction of sp³-hybridized carbons (Fsp3) is 0.400. The highest BCUT2D eigenvalue weighted by molar-refractivity contribution is 6.16. The average Bonchev–Trinajstić information content (AvgIpc) is 2.59. The van der Waals surface area contributed by atoms with Crippen molar-refractivity contribution in [3.05, 3.63) is 53.3 Å². The minimum absolute atomic E-state index is 0.00370. The lowest BCUT2D eigenvalue weighted by Crippen LogP contribution is -2.40. The molecule has 1 atom stereocenters. The van der Waals surface area contributed by atoms with Crippen LogP contribution in [0.3, 0.4) is 0 Å². The summed E-state index contributed by atoms with van der Waals surface area (Å²) in [6.07, 6.45) is -1.01. The van der Waals surface area contributed by atoms with Gasteiger partial charge in [0.1, 0.15) is 12.3 Å². The molecule has 1 aromatic rings. The molecule has 8 heteroatoms. The number of allylic oxidation sites excluding steroid dienone is 4. The van der Waals surface area contributed by atoms with E-state index >= 15 is 0 Å². The number of nitrogens with zero attached hydrogens (tertiary/aromatic N) is 1. The average molecular weight is 394 g/mol. The molecule has 0 spiro atoms. The molecule has 0 fully saturated rings. The molecule has 5 nitrogen and oxygen atoms in total. The topological polar surface area (TPSA) is 98.0 Å². The molecule has 1 aromatic heterocycles. The van der Waals surface area contributed by atoms with E-state index in [4.69, 9.17) is 21.6 Å². The molecule has 5 N–H and O–H groups in total. The Morgan fingerprint density at radius 2 is 1.96 bits per heavy atom. The standard InChI is InChI=1S/C20H25F3N4O/c1-11-6-5-7-12(16(11)25)17(26)18-13(20(21,22)23)8-9-15(27-18)28-10-14(24)19(2,3)4/h5,7-9,14,25H,1,6,10,24,26H2,2-4H3. The second-order valence-electron chi connectivity index (χ2n) is 7.74. The predicted octanol–water partition coefficient (Wildman–Crippen LogP) is 4.06. The van der Waals surface area contributed by atoms with Crippen LogP contribution in [0.25, 0.3) is 5.70 Å². The second-order valence-corrected chi connectivity index (χ2v) is 7.74. The van der Waals surface area contributed by atoms with E-state index in [0.29, 0.717) is 12.0 Å². The number of nitrogens with one attached hydrogen (secondary N) is 1. The van der Waals surface area contributed by atoms with E-state index in [1.54, 1.807) is 6.08 Å². The van der Waals surface area contributed by atoms with Gasteiger partial charge in [-0.25, -0.2) is 4.98 Å². The Bertz CT molecular complexity index is 848. The van der Waals surface area contributed by atoms with Crippen molar-refractivity contribution in [2.75, 3.05) is 6.61 Å². The van der Waals surface area contributed by atoms with Gasteiger partial charge in [-0.3, -0.25) is 5.41 Å². The summed E-state index contributed by atoms with van der Waals surface area (Å²) in [5.41, 5.74) is 10.7. The molecule has 152 valence electrons. The highest BCUT2D eigenvalue weighted by atomic mass is 19.4. The van der Waals surface area contributed by atoms with Crippen LogP contribution < -0.4 is 16.2 Å². The molecule has 28 heavy (non-hydrogen) atoms. The van der Waals surface area contributed by atoms with Gasteiger partial charge in [0, 0.05) is 17.7 Å². The molecule has 1 unspecified atom stereocenters. The molecule has 1 aliphatic rings. The van der Waals surface area contributed by atoms with Crippen LogP contribution in [0.1, 0.15) is 38.4 Å². The maximum atomic E-state index is 13.5. The SMILES string of the molecule is C=C1CC=CC(=C(N)c2nc(OCC(N)C(C)(C)C)ccc2C(F)(F)F)C1=N. The van der Waals surface area contributed by atoms with Crippen molar-refractivity contribution in [3.63, 3.8) is 0 Å². The smallest absolute Gasteiger partial charge is 0.418 e. The van der Waals surface area contributed by atoms with E-state index < -0.39 is 17.4 Å². The quantitative estimate of drug-likeness (QED) is 0.717. The third-order valence-corrected chi connectivity index (χ3v) is 4.52. The molecular formula is C20H25F3N4O. The summed E-state index contributed by atoms with van der Waals surface area (Å²) in [6.45, 7) is 9.62. The Balaban J connectivity index is 2.48. The van der Waals surface area contributed by atoms with Crippen molar-refractivity contribution < 1.29 is 17.9 Å². The third-order valence-electron chi connectivity index (χ3n) is 4.52. The van der Waals surface area contributed by atoms with Gasteiger partial charge in [-0.05, 0) is 23.5 Å². The highest BCUT2D eigenvalue weighted by Gasteiger charge is 2.36. The number of halogens is 3. The summed E-state index contributed by atoms with van der Waals surface area (Å²) in [5, 5.41) is 8.07. The molecule has 0 saturated heterocycles. The van der Waals surface area contributed by atoms with Crippen LogP contribution in [0, 0.1) is 10.8 Å². The first kappa shape index (κ1) is 21.7. The van der Waals surface area contributed by atoms with Crippen LogP contribution in [-0.4, -0.2) is 23.3 Å². The third kappa shape index (κ3) is 4.81. The van der Waals surface area contributed by atoms with Gasteiger partial charge in [-0.2, -0.15) is 13.2 Å². The molecular weight excluding hydrogens is 369 g/mol. The van der Waals surface area contributed by atoms with E-state index in [1.807, 2.05) is 20.8 Å². The largest absolute Gasteiger partial charge is 0.476 e. The molecule has 0 radical (unpaired) electrons. The van der Waals surface area contributed by atoms with Crippen molar-refractivity contribution in [2.24, 2.45) is 16.9 Å². The first-order valence-electron chi connectivity index (χ1n) is 8.72. The Labute approximate surface area is 162 Å². The van der Waals surface area contributed by atoms with Crippen LogP contribution in [0.5, 0.6) is 5.88 Å². The second kappa shape index (κ2) is 7.79. The maximum Gasteiger partial charge on any atom is 0.418 e. The lowest BCUT2D eigenvalue weighted by molar-refractivity contribution is -0.138. The summed E-state index contributed by atoms with van der Waals surface area (Å²) in [4.78, 5) is 3.99. The van der Waals surface area contributed by atoms with Crippen LogP contribution in [0.2, 0.25) is 0 Å². The van der Waals surface area contributed by atoms with Crippen molar-refractivity contribution in [3.8, 4) is 5.88 Å². The number of alkyl halides is 3. The zero-order valence-electron chi connectivity index (χ0n) is 16.2. The zero-order chi connectivity index (χ0) is 21.3. The predicted molar refractivity (Wildman–Crippen MR) is 104 cm³/mol. The molecule has 2 rings (SSSR count). The monoisotopic (exact) mass is 394 g/mol. The normalized spacial score (nSPS) is 18.2. The molecule has 0 amide bonds. The molecule has 0 aliphatic heterocycles. The van der Waals surface area contributed by atoms with Crippen molar-refractivity contribution in [1.82, 2.24) is 4.98 Å². The Morgan fingerprint density at radius 3 is 2.54 bits per heavy atom. The highest BCUT2D eigenvalue weighted by Crippen LogP contribution is 2.36. The van der Waals surface area contributed by atoms with Gasteiger partial charge in [-0.15, -0.1) is 0 Å². The van der Waals surface area contributed by atoms with Gasteiger partial charge < -0.3 is 16.2 Å². The van der Waals surface area contributed by atoms with Crippen LogP contribution in [-0.2, 0) is 6.18 Å². The Kier molecular flexibility index (Phi) is 6.03.